The number of halogens is 2. The highest BCUT2D eigenvalue weighted by Gasteiger charge is 2.36. The monoisotopic (exact) mass is 380 g/mol. The molecule has 0 saturated carbocycles. The lowest BCUT2D eigenvalue weighted by molar-refractivity contribution is -0.113. The zero-order valence-electron chi connectivity index (χ0n) is 11.1. The van der Waals surface area contributed by atoms with Crippen LogP contribution in [0.2, 0.25) is 10.0 Å². The second kappa shape index (κ2) is 6.49. The first-order chi connectivity index (χ1) is 10.2. The van der Waals surface area contributed by atoms with E-state index in [1.54, 1.807) is 12.1 Å². The number of rotatable bonds is 3. The molecule has 0 aliphatic carbocycles. The number of hydrogen-bond acceptors (Lipinski definition) is 5. The Bertz CT molecular complexity index is 777. The first-order valence-electron chi connectivity index (χ1n) is 5.81. The van der Waals surface area contributed by atoms with E-state index in [0.717, 1.165) is 18.0 Å². The topological polar surface area (TPSA) is 92.3 Å². The van der Waals surface area contributed by atoms with Crippen LogP contribution in [0.4, 0.5) is 10.5 Å². The summed E-state index contributed by atoms with van der Waals surface area (Å²) >= 11 is 12.6. The SMILES string of the molecule is CS(=O)(=O)C1SC=C(NC(=O)Nc2cccc(Cl)c2Cl)C1=O. The Kier molecular flexibility index (Phi) is 5.06. The van der Waals surface area contributed by atoms with Gasteiger partial charge in [0.15, 0.2) is 14.4 Å². The van der Waals surface area contributed by atoms with E-state index in [1.165, 1.54) is 11.5 Å². The van der Waals surface area contributed by atoms with Crippen LogP contribution in [0.5, 0.6) is 0 Å². The summed E-state index contributed by atoms with van der Waals surface area (Å²) in [4.78, 5) is 23.8. The van der Waals surface area contributed by atoms with Crippen LogP contribution in [-0.2, 0) is 14.6 Å². The molecule has 2 N–H and O–H groups in total. The van der Waals surface area contributed by atoms with E-state index < -0.39 is 26.2 Å². The van der Waals surface area contributed by atoms with Crippen molar-refractivity contribution in [3.05, 3.63) is 39.3 Å². The van der Waals surface area contributed by atoms with Gasteiger partial charge in [-0.1, -0.05) is 29.3 Å². The van der Waals surface area contributed by atoms with Crippen molar-refractivity contribution < 1.29 is 18.0 Å². The first-order valence-corrected chi connectivity index (χ1v) is 9.46. The molecule has 10 heteroatoms. The molecule has 1 aliphatic heterocycles. The average Bonchev–Trinajstić information content (AvgIpc) is 2.76. The minimum atomic E-state index is -3.54. The molecule has 1 aromatic rings. The maximum atomic E-state index is 11.9. The number of anilines is 1. The smallest absolute Gasteiger partial charge is 0.306 e. The largest absolute Gasteiger partial charge is 0.323 e. The quantitative estimate of drug-likeness (QED) is 0.840. The van der Waals surface area contributed by atoms with E-state index in [1.807, 2.05) is 0 Å². The third-order valence-electron chi connectivity index (χ3n) is 2.63. The summed E-state index contributed by atoms with van der Waals surface area (Å²) < 4.78 is 21.6. The van der Waals surface area contributed by atoms with Gasteiger partial charge >= 0.3 is 6.03 Å². The van der Waals surface area contributed by atoms with Crippen LogP contribution in [0.3, 0.4) is 0 Å². The van der Waals surface area contributed by atoms with Crippen LogP contribution in [0, 0.1) is 0 Å². The normalized spacial score (nSPS) is 18.0. The molecule has 0 spiro atoms. The first kappa shape index (κ1) is 17.1. The Hall–Kier alpha value is -1.22. The van der Waals surface area contributed by atoms with Gasteiger partial charge in [-0.05, 0) is 12.1 Å². The molecule has 0 fully saturated rings. The molecule has 0 bridgehead atoms. The van der Waals surface area contributed by atoms with Crippen molar-refractivity contribution in [2.45, 2.75) is 4.58 Å². The highest BCUT2D eigenvalue weighted by atomic mass is 35.5. The molecule has 1 atom stereocenters. The lowest BCUT2D eigenvalue weighted by Gasteiger charge is -2.10. The van der Waals surface area contributed by atoms with E-state index in [0.29, 0.717) is 0 Å². The summed E-state index contributed by atoms with van der Waals surface area (Å²) in [5.41, 5.74) is 0.182. The summed E-state index contributed by atoms with van der Waals surface area (Å²) in [6.45, 7) is 0. The second-order valence-electron chi connectivity index (χ2n) is 4.37. The molecular formula is C12H10Cl2N2O4S2. The van der Waals surface area contributed by atoms with Gasteiger partial charge in [-0.2, -0.15) is 0 Å². The summed E-state index contributed by atoms with van der Waals surface area (Å²) in [7, 11) is -3.54. The van der Waals surface area contributed by atoms with Gasteiger partial charge in [-0.15, -0.1) is 11.8 Å². The van der Waals surface area contributed by atoms with Crippen LogP contribution >= 0.6 is 35.0 Å². The van der Waals surface area contributed by atoms with E-state index in [9.17, 15) is 18.0 Å². The number of sulfone groups is 1. The van der Waals surface area contributed by atoms with Crippen LogP contribution in [-0.4, -0.2) is 31.1 Å². The molecule has 2 rings (SSSR count). The third kappa shape index (κ3) is 3.75. The highest BCUT2D eigenvalue weighted by molar-refractivity contribution is 8.16. The van der Waals surface area contributed by atoms with Gasteiger partial charge in [0.1, 0.15) is 0 Å². The summed E-state index contributed by atoms with van der Waals surface area (Å²) in [5, 5.41) is 6.46. The molecule has 1 heterocycles. The molecule has 0 aromatic heterocycles. The number of Topliss-reactive ketones (excluding diaryl/α,β-unsaturated/α-hetero) is 1. The average molecular weight is 381 g/mol. The number of amides is 2. The molecule has 0 radical (unpaired) electrons. The van der Waals surface area contributed by atoms with Gasteiger partial charge in [0, 0.05) is 11.7 Å². The predicted octanol–water partition coefficient (Wildman–Crippen LogP) is 2.64. The Labute approximate surface area is 141 Å². The number of urea groups is 1. The number of benzene rings is 1. The van der Waals surface area contributed by atoms with Gasteiger partial charge in [0.2, 0.25) is 5.78 Å². The molecule has 1 unspecified atom stereocenters. The summed E-state index contributed by atoms with van der Waals surface area (Å²) in [6.07, 6.45) is 0.963. The molecule has 6 nitrogen and oxygen atoms in total. The van der Waals surface area contributed by atoms with Gasteiger partial charge < -0.3 is 10.6 Å². The molecule has 0 saturated heterocycles. The van der Waals surface area contributed by atoms with Gasteiger partial charge in [-0.25, -0.2) is 13.2 Å². The Morgan fingerprint density at radius 1 is 1.27 bits per heavy atom. The maximum absolute atomic E-state index is 11.9. The zero-order chi connectivity index (χ0) is 16.5. The lowest BCUT2D eigenvalue weighted by atomic mass is 10.3. The van der Waals surface area contributed by atoms with E-state index in [-0.39, 0.29) is 21.4 Å². The van der Waals surface area contributed by atoms with Gasteiger partial charge in [-0.3, -0.25) is 4.79 Å². The zero-order valence-corrected chi connectivity index (χ0v) is 14.2. The Morgan fingerprint density at radius 2 is 1.95 bits per heavy atom. The number of carbonyl (C=O) groups excluding carboxylic acids is 2. The maximum Gasteiger partial charge on any atom is 0.323 e. The van der Waals surface area contributed by atoms with Crippen molar-refractivity contribution in [1.82, 2.24) is 5.32 Å². The number of hydrogen-bond donors (Lipinski definition) is 2. The highest BCUT2D eigenvalue weighted by Crippen LogP contribution is 2.31. The van der Waals surface area contributed by atoms with Crippen LogP contribution in [0.25, 0.3) is 0 Å². The molecule has 1 aliphatic rings. The number of nitrogens with one attached hydrogen (secondary N) is 2. The minimum absolute atomic E-state index is 0.0870. The fourth-order valence-corrected chi connectivity index (χ4v) is 4.16. The molecular weight excluding hydrogens is 371 g/mol. The molecule has 1 aromatic carbocycles. The minimum Gasteiger partial charge on any atom is -0.306 e. The Balaban J connectivity index is 2.05. The van der Waals surface area contributed by atoms with Gasteiger partial charge in [0.05, 0.1) is 21.4 Å². The van der Waals surface area contributed by atoms with Crippen molar-refractivity contribution in [3.8, 4) is 0 Å². The predicted molar refractivity (Wildman–Crippen MR) is 87.9 cm³/mol. The van der Waals surface area contributed by atoms with Crippen molar-refractivity contribution in [3.63, 3.8) is 0 Å². The Morgan fingerprint density at radius 3 is 2.55 bits per heavy atom. The number of allylic oxidation sites excluding steroid dienone is 1. The van der Waals surface area contributed by atoms with Crippen molar-refractivity contribution in [2.75, 3.05) is 11.6 Å². The lowest BCUT2D eigenvalue weighted by Crippen LogP contribution is -2.34. The van der Waals surface area contributed by atoms with Crippen molar-refractivity contribution >= 4 is 62.3 Å². The second-order valence-corrected chi connectivity index (χ2v) is 8.57. The number of thioether (sulfide) groups is 1. The number of ketones is 1. The molecule has 2 amide bonds. The molecule has 118 valence electrons. The van der Waals surface area contributed by atoms with Crippen LogP contribution in [0.1, 0.15) is 0 Å². The van der Waals surface area contributed by atoms with Crippen LogP contribution < -0.4 is 10.6 Å². The van der Waals surface area contributed by atoms with Crippen LogP contribution in [0.15, 0.2) is 29.3 Å². The summed E-state index contributed by atoms with van der Waals surface area (Å²) in [5.74, 6) is -0.667. The van der Waals surface area contributed by atoms with Gasteiger partial charge in [0.25, 0.3) is 0 Å². The van der Waals surface area contributed by atoms with E-state index >= 15 is 0 Å². The summed E-state index contributed by atoms with van der Waals surface area (Å²) in [6, 6.07) is 3.97. The van der Waals surface area contributed by atoms with E-state index in [4.69, 9.17) is 23.2 Å². The van der Waals surface area contributed by atoms with Crippen molar-refractivity contribution in [2.24, 2.45) is 0 Å². The standard InChI is InChI=1S/C12H10Cl2N2O4S2/c1-22(19,20)11-10(17)8(5-21-11)16-12(18)15-7-4-2-3-6(13)9(7)14/h2-5,11H,1H3,(H2,15,16,18). The number of carbonyl (C=O) groups is 2. The fraction of sp³-hybridized carbons (Fsp3) is 0.167. The fourth-order valence-electron chi connectivity index (χ4n) is 1.64. The molecule has 22 heavy (non-hydrogen) atoms. The van der Waals surface area contributed by atoms with Crippen molar-refractivity contribution in [1.29, 1.82) is 0 Å². The van der Waals surface area contributed by atoms with E-state index in [2.05, 4.69) is 10.6 Å². The third-order valence-corrected chi connectivity index (χ3v) is 6.65.